The minimum absolute atomic E-state index is 0.106. The van der Waals surface area contributed by atoms with Crippen LogP contribution in [-0.2, 0) is 16.8 Å². The maximum Gasteiger partial charge on any atom is 0.258 e. The number of hydrogen-bond donors (Lipinski definition) is 1. The number of carbonyl (C=O) groups excluding carboxylic acids is 1. The molecule has 0 aliphatic carbocycles. The molecule has 6 heteroatoms. The topological polar surface area (TPSA) is 62.1 Å². The van der Waals surface area contributed by atoms with Crippen molar-refractivity contribution in [1.82, 2.24) is 5.32 Å². The molecule has 0 bridgehead atoms. The molecule has 0 fully saturated rings. The molecule has 0 saturated heterocycles. The van der Waals surface area contributed by atoms with Crippen LogP contribution < -0.4 is 10.1 Å². The number of ether oxygens (including phenoxy) is 1. The number of rotatable bonds is 7. The molecule has 0 aliphatic heterocycles. The van der Waals surface area contributed by atoms with E-state index in [4.69, 9.17) is 10.00 Å². The van der Waals surface area contributed by atoms with Crippen LogP contribution in [0.1, 0.15) is 31.9 Å². The minimum Gasteiger partial charge on any atom is -0.483 e. The number of allylic oxidation sites excluding steroid dienone is 1. The second kappa shape index (κ2) is 9.95. The van der Waals surface area contributed by atoms with Crippen LogP contribution in [0.2, 0.25) is 0 Å². The number of benzene rings is 2. The molecule has 2 aromatic carbocycles. The van der Waals surface area contributed by atoms with Gasteiger partial charge in [-0.3, -0.25) is 4.79 Å². The zero-order chi connectivity index (χ0) is 20.6. The van der Waals surface area contributed by atoms with Crippen molar-refractivity contribution in [2.75, 3.05) is 6.61 Å². The van der Waals surface area contributed by atoms with E-state index in [1.807, 2.05) is 24.3 Å². The van der Waals surface area contributed by atoms with Crippen molar-refractivity contribution >= 4 is 17.7 Å². The summed E-state index contributed by atoms with van der Waals surface area (Å²) in [5.41, 5.74) is 1.63. The maximum atomic E-state index is 12.9. The van der Waals surface area contributed by atoms with Crippen LogP contribution >= 0.6 is 11.8 Å². The molecule has 0 aromatic heterocycles. The lowest BCUT2D eigenvalue weighted by molar-refractivity contribution is -0.123. The molecule has 1 amide bonds. The van der Waals surface area contributed by atoms with E-state index in [0.29, 0.717) is 12.3 Å². The van der Waals surface area contributed by atoms with Gasteiger partial charge in [-0.05, 0) is 46.7 Å². The molecule has 2 rings (SSSR count). The van der Waals surface area contributed by atoms with E-state index in [-0.39, 0.29) is 23.7 Å². The van der Waals surface area contributed by atoms with E-state index in [9.17, 15) is 9.18 Å². The molecule has 146 valence electrons. The number of nitriles is 1. The highest BCUT2D eigenvalue weighted by atomic mass is 32.2. The Balaban J connectivity index is 1.99. The Kier molecular flexibility index (Phi) is 7.65. The van der Waals surface area contributed by atoms with Crippen LogP contribution in [0, 0.1) is 17.1 Å². The fourth-order valence-corrected chi connectivity index (χ4v) is 3.05. The molecule has 28 heavy (non-hydrogen) atoms. The van der Waals surface area contributed by atoms with E-state index in [1.54, 1.807) is 17.5 Å². The van der Waals surface area contributed by atoms with Gasteiger partial charge in [-0.15, -0.1) is 0 Å². The maximum absolute atomic E-state index is 12.9. The Morgan fingerprint density at radius 1 is 1.25 bits per heavy atom. The summed E-state index contributed by atoms with van der Waals surface area (Å²) in [7, 11) is 0. The molecule has 0 heterocycles. The first-order valence-corrected chi connectivity index (χ1v) is 9.67. The average Bonchev–Trinajstić information content (AvgIpc) is 2.66. The van der Waals surface area contributed by atoms with E-state index >= 15 is 0 Å². The van der Waals surface area contributed by atoms with Gasteiger partial charge in [0.2, 0.25) is 0 Å². The van der Waals surface area contributed by atoms with Gasteiger partial charge in [-0.25, -0.2) is 4.39 Å². The highest BCUT2D eigenvalue weighted by molar-refractivity contribution is 8.02. The van der Waals surface area contributed by atoms with Crippen LogP contribution in [0.15, 0.2) is 58.8 Å². The van der Waals surface area contributed by atoms with E-state index in [1.165, 1.54) is 30.0 Å². The van der Waals surface area contributed by atoms with Crippen LogP contribution in [0.4, 0.5) is 4.39 Å². The smallest absolute Gasteiger partial charge is 0.258 e. The molecule has 1 N–H and O–H groups in total. The predicted molar refractivity (Wildman–Crippen MR) is 109 cm³/mol. The standard InChI is InChI=1S/C22H23FN2O2S/c1-22(2,3)19-13-18(28-12-4-11-24)9-10-20(19)27-15-21(26)25-14-16-5-7-17(23)8-6-16/h4-10,12-13H,14-15H2,1-3H3,(H,25,26)/b12-4+. The van der Waals surface area contributed by atoms with Gasteiger partial charge in [0, 0.05) is 23.1 Å². The lowest BCUT2D eigenvalue weighted by atomic mass is 9.86. The van der Waals surface area contributed by atoms with E-state index < -0.39 is 0 Å². The van der Waals surface area contributed by atoms with Crippen molar-refractivity contribution in [2.45, 2.75) is 37.6 Å². The average molecular weight is 399 g/mol. The zero-order valence-electron chi connectivity index (χ0n) is 16.2. The summed E-state index contributed by atoms with van der Waals surface area (Å²) in [4.78, 5) is 13.1. The van der Waals surface area contributed by atoms with Crippen LogP contribution in [-0.4, -0.2) is 12.5 Å². The van der Waals surface area contributed by atoms with Gasteiger partial charge in [-0.1, -0.05) is 44.7 Å². The van der Waals surface area contributed by atoms with Crippen molar-refractivity contribution in [3.05, 3.63) is 70.9 Å². The van der Waals surface area contributed by atoms with Crippen molar-refractivity contribution in [3.63, 3.8) is 0 Å². The third-order valence-electron chi connectivity index (χ3n) is 3.87. The number of thioether (sulfide) groups is 1. The minimum atomic E-state index is -0.308. The third-order valence-corrected chi connectivity index (χ3v) is 4.67. The molecule has 0 unspecified atom stereocenters. The summed E-state index contributed by atoms with van der Waals surface area (Å²) in [5.74, 6) is 0.0930. The summed E-state index contributed by atoms with van der Waals surface area (Å²) in [6, 6.07) is 13.7. The monoisotopic (exact) mass is 398 g/mol. The summed E-state index contributed by atoms with van der Waals surface area (Å²) in [6.07, 6.45) is 1.43. The van der Waals surface area contributed by atoms with Crippen molar-refractivity contribution < 1.29 is 13.9 Å². The summed E-state index contributed by atoms with van der Waals surface area (Å²) in [6.45, 7) is 6.43. The SMILES string of the molecule is CC(C)(C)c1cc(S/C=C/C#N)ccc1OCC(=O)NCc1ccc(F)cc1. The first-order chi connectivity index (χ1) is 13.3. The first kappa shape index (κ1) is 21.5. The second-order valence-corrected chi connectivity index (χ2v) is 8.13. The molecule has 0 aliphatic rings. The van der Waals surface area contributed by atoms with Crippen molar-refractivity contribution in [3.8, 4) is 11.8 Å². The zero-order valence-corrected chi connectivity index (χ0v) is 17.0. The van der Waals surface area contributed by atoms with Gasteiger partial charge >= 0.3 is 0 Å². The fraction of sp³-hybridized carbons (Fsp3) is 0.273. The molecule has 2 aromatic rings. The predicted octanol–water partition coefficient (Wildman–Crippen LogP) is 4.95. The normalized spacial score (nSPS) is 11.2. The molecular weight excluding hydrogens is 375 g/mol. The Bertz CT molecular complexity index is 881. The Morgan fingerprint density at radius 3 is 2.61 bits per heavy atom. The molecule has 4 nitrogen and oxygen atoms in total. The summed E-state index contributed by atoms with van der Waals surface area (Å²) < 4.78 is 18.7. The first-order valence-electron chi connectivity index (χ1n) is 8.79. The lowest BCUT2D eigenvalue weighted by Gasteiger charge is -2.23. The largest absolute Gasteiger partial charge is 0.483 e. The number of amides is 1. The van der Waals surface area contributed by atoms with Gasteiger partial charge < -0.3 is 10.1 Å². The Hall–Kier alpha value is -2.78. The second-order valence-electron chi connectivity index (χ2n) is 7.15. The number of nitrogens with one attached hydrogen (secondary N) is 1. The van der Waals surface area contributed by atoms with Gasteiger partial charge in [0.15, 0.2) is 6.61 Å². The number of carbonyl (C=O) groups is 1. The van der Waals surface area contributed by atoms with Crippen molar-refractivity contribution in [2.24, 2.45) is 0 Å². The number of nitrogens with zero attached hydrogens (tertiary/aromatic N) is 1. The van der Waals surface area contributed by atoms with Crippen molar-refractivity contribution in [1.29, 1.82) is 5.26 Å². The number of hydrogen-bond acceptors (Lipinski definition) is 4. The lowest BCUT2D eigenvalue weighted by Crippen LogP contribution is -2.29. The summed E-state index contributed by atoms with van der Waals surface area (Å²) >= 11 is 1.45. The van der Waals surface area contributed by atoms with Gasteiger partial charge in [0.1, 0.15) is 11.6 Å². The van der Waals surface area contributed by atoms with Crippen LogP contribution in [0.25, 0.3) is 0 Å². The Labute approximate surface area is 169 Å². The van der Waals surface area contributed by atoms with Gasteiger partial charge in [0.25, 0.3) is 5.91 Å². The highest BCUT2D eigenvalue weighted by Gasteiger charge is 2.20. The molecule has 0 radical (unpaired) electrons. The highest BCUT2D eigenvalue weighted by Crippen LogP contribution is 2.35. The Morgan fingerprint density at radius 2 is 1.96 bits per heavy atom. The van der Waals surface area contributed by atoms with Gasteiger partial charge in [-0.2, -0.15) is 5.26 Å². The fourth-order valence-electron chi connectivity index (χ4n) is 2.43. The van der Waals surface area contributed by atoms with E-state index in [2.05, 4.69) is 26.1 Å². The third kappa shape index (κ3) is 6.75. The van der Waals surface area contributed by atoms with Crippen LogP contribution in [0.3, 0.4) is 0 Å². The van der Waals surface area contributed by atoms with Gasteiger partial charge in [0.05, 0.1) is 6.07 Å². The quantitative estimate of drug-likeness (QED) is 0.530. The molecule has 0 saturated carbocycles. The summed E-state index contributed by atoms with van der Waals surface area (Å²) in [5, 5.41) is 13.1. The van der Waals surface area contributed by atoms with E-state index in [0.717, 1.165) is 16.0 Å². The molecule has 0 spiro atoms. The molecule has 0 atom stereocenters. The van der Waals surface area contributed by atoms with Crippen LogP contribution in [0.5, 0.6) is 5.75 Å². The number of halogens is 1. The molecular formula is C22H23FN2O2S.